The largest absolute Gasteiger partial charge is 0.348 e. The Bertz CT molecular complexity index is 384. The van der Waals surface area contributed by atoms with E-state index in [0.717, 1.165) is 25.0 Å². The minimum Gasteiger partial charge on any atom is -0.348 e. The van der Waals surface area contributed by atoms with Gasteiger partial charge in [0, 0.05) is 18.4 Å². The summed E-state index contributed by atoms with van der Waals surface area (Å²) in [5.74, 6) is 0. The zero-order chi connectivity index (χ0) is 12.0. The number of aromatic nitrogens is 2. The topological polar surface area (TPSA) is 74.8 Å². The van der Waals surface area contributed by atoms with E-state index in [4.69, 9.17) is 0 Å². The van der Waals surface area contributed by atoms with E-state index in [1.807, 2.05) is 0 Å². The van der Waals surface area contributed by atoms with E-state index in [-0.39, 0.29) is 5.25 Å². The highest BCUT2D eigenvalue weighted by molar-refractivity contribution is 7.90. The van der Waals surface area contributed by atoms with E-state index < -0.39 is 10.0 Å². The fourth-order valence-electron chi connectivity index (χ4n) is 1.24. The van der Waals surface area contributed by atoms with Crippen molar-refractivity contribution in [1.82, 2.24) is 14.7 Å². The Kier molecular flexibility index (Phi) is 4.95. The number of aromatic amines is 1. The number of unbranched alkanes of at least 4 members (excludes halogenated alkanes) is 1. The van der Waals surface area contributed by atoms with Crippen LogP contribution in [0.15, 0.2) is 12.5 Å². The van der Waals surface area contributed by atoms with Crippen molar-refractivity contribution in [3.05, 3.63) is 18.2 Å². The van der Waals surface area contributed by atoms with E-state index in [1.165, 1.54) is 0 Å². The van der Waals surface area contributed by atoms with Gasteiger partial charge in [0.25, 0.3) is 0 Å². The van der Waals surface area contributed by atoms with Gasteiger partial charge in [-0.2, -0.15) is 0 Å². The second kappa shape index (κ2) is 6.00. The molecule has 0 saturated carbocycles. The third kappa shape index (κ3) is 4.32. The Balaban J connectivity index is 2.13. The molecule has 0 bridgehead atoms. The van der Waals surface area contributed by atoms with Gasteiger partial charge in [-0.15, -0.1) is 0 Å². The summed E-state index contributed by atoms with van der Waals surface area (Å²) < 4.78 is 25.4. The van der Waals surface area contributed by atoms with Crippen LogP contribution in [0.25, 0.3) is 0 Å². The lowest BCUT2D eigenvalue weighted by Gasteiger charge is -2.08. The molecule has 2 N–H and O–H groups in total. The highest BCUT2D eigenvalue weighted by Crippen LogP contribution is 2.01. The van der Waals surface area contributed by atoms with Crippen molar-refractivity contribution < 1.29 is 8.42 Å². The highest BCUT2D eigenvalue weighted by atomic mass is 32.2. The van der Waals surface area contributed by atoms with Gasteiger partial charge in [-0.05, 0) is 33.1 Å². The lowest BCUT2D eigenvalue weighted by Crippen LogP contribution is -2.31. The molecule has 92 valence electrons. The van der Waals surface area contributed by atoms with E-state index >= 15 is 0 Å². The summed E-state index contributed by atoms with van der Waals surface area (Å²) in [4.78, 5) is 6.93. The van der Waals surface area contributed by atoms with E-state index in [0.29, 0.717) is 6.54 Å². The van der Waals surface area contributed by atoms with E-state index in [9.17, 15) is 8.42 Å². The number of nitrogens with one attached hydrogen (secondary N) is 2. The molecule has 1 aromatic heterocycles. The van der Waals surface area contributed by atoms with Gasteiger partial charge in [-0.1, -0.05) is 0 Å². The Morgan fingerprint density at radius 3 is 2.75 bits per heavy atom. The van der Waals surface area contributed by atoms with Crippen molar-refractivity contribution in [2.24, 2.45) is 0 Å². The lowest BCUT2D eigenvalue weighted by atomic mass is 10.2. The predicted molar refractivity (Wildman–Crippen MR) is 63.6 cm³/mol. The van der Waals surface area contributed by atoms with Crippen molar-refractivity contribution in [3.8, 4) is 0 Å². The van der Waals surface area contributed by atoms with Crippen molar-refractivity contribution in [1.29, 1.82) is 0 Å². The molecule has 0 amide bonds. The Morgan fingerprint density at radius 1 is 1.44 bits per heavy atom. The quantitative estimate of drug-likeness (QED) is 0.705. The molecule has 0 atom stereocenters. The first-order valence-corrected chi connectivity index (χ1v) is 7.03. The highest BCUT2D eigenvalue weighted by Gasteiger charge is 2.13. The maximum Gasteiger partial charge on any atom is 0.213 e. The second-order valence-corrected chi connectivity index (χ2v) is 6.34. The van der Waals surface area contributed by atoms with Gasteiger partial charge >= 0.3 is 0 Å². The number of aryl methyl sites for hydroxylation is 1. The standard InChI is InChI=1S/C10H19N3O2S/c1-9(2)16(14,15)13-6-4-3-5-10-7-11-8-12-10/h7-9,13H,3-6H2,1-2H3,(H,11,12). The van der Waals surface area contributed by atoms with Crippen LogP contribution in [0.1, 0.15) is 32.4 Å². The molecule has 1 heterocycles. The molecule has 0 spiro atoms. The van der Waals surface area contributed by atoms with Crippen LogP contribution < -0.4 is 4.72 Å². The molecule has 6 heteroatoms. The minimum atomic E-state index is -3.10. The fourth-order valence-corrected chi connectivity index (χ4v) is 2.01. The Labute approximate surface area is 96.7 Å². The average Bonchev–Trinajstić information content (AvgIpc) is 2.69. The van der Waals surface area contributed by atoms with Crippen molar-refractivity contribution in [3.63, 3.8) is 0 Å². The van der Waals surface area contributed by atoms with Crippen molar-refractivity contribution in [2.45, 2.75) is 38.4 Å². The van der Waals surface area contributed by atoms with Crippen LogP contribution in [-0.2, 0) is 16.4 Å². The Morgan fingerprint density at radius 2 is 2.19 bits per heavy atom. The molecule has 1 aromatic rings. The molecule has 0 radical (unpaired) electrons. The van der Waals surface area contributed by atoms with Gasteiger partial charge in [0.05, 0.1) is 11.6 Å². The monoisotopic (exact) mass is 245 g/mol. The van der Waals surface area contributed by atoms with Gasteiger partial charge < -0.3 is 4.98 Å². The zero-order valence-electron chi connectivity index (χ0n) is 9.73. The average molecular weight is 245 g/mol. The smallest absolute Gasteiger partial charge is 0.213 e. The number of imidazole rings is 1. The van der Waals surface area contributed by atoms with Crippen LogP contribution in [0.2, 0.25) is 0 Å². The maximum atomic E-state index is 11.4. The first kappa shape index (κ1) is 13.2. The SMILES string of the molecule is CC(C)S(=O)(=O)NCCCCc1cnc[nH]1. The number of hydrogen-bond acceptors (Lipinski definition) is 3. The van der Waals surface area contributed by atoms with Crippen LogP contribution in [0.4, 0.5) is 0 Å². The Hall–Kier alpha value is -0.880. The molecule has 0 aliphatic heterocycles. The predicted octanol–water partition coefficient (Wildman–Crippen LogP) is 1.06. The van der Waals surface area contributed by atoms with Crippen LogP contribution in [0, 0.1) is 0 Å². The third-order valence-corrected chi connectivity index (χ3v) is 4.20. The molecular weight excluding hydrogens is 226 g/mol. The number of nitrogens with zero attached hydrogens (tertiary/aromatic N) is 1. The summed E-state index contributed by atoms with van der Waals surface area (Å²) in [6, 6.07) is 0. The molecule has 5 nitrogen and oxygen atoms in total. The van der Waals surface area contributed by atoms with Gasteiger partial charge in [0.15, 0.2) is 0 Å². The summed E-state index contributed by atoms with van der Waals surface area (Å²) in [7, 11) is -3.10. The molecule has 16 heavy (non-hydrogen) atoms. The first-order valence-electron chi connectivity index (χ1n) is 5.48. The normalized spacial score (nSPS) is 12.2. The first-order chi connectivity index (χ1) is 7.52. The van der Waals surface area contributed by atoms with Crippen molar-refractivity contribution in [2.75, 3.05) is 6.54 Å². The van der Waals surface area contributed by atoms with E-state index in [1.54, 1.807) is 26.4 Å². The summed E-state index contributed by atoms with van der Waals surface area (Å²) in [6.45, 7) is 3.86. The number of sulfonamides is 1. The van der Waals surface area contributed by atoms with Crippen LogP contribution in [-0.4, -0.2) is 30.2 Å². The molecule has 0 aliphatic carbocycles. The van der Waals surface area contributed by atoms with Gasteiger partial charge in [0.1, 0.15) is 0 Å². The maximum absolute atomic E-state index is 11.4. The molecule has 0 fully saturated rings. The van der Waals surface area contributed by atoms with Gasteiger partial charge in [0.2, 0.25) is 10.0 Å². The van der Waals surface area contributed by atoms with Crippen LogP contribution in [0.5, 0.6) is 0 Å². The number of rotatable bonds is 7. The molecule has 0 unspecified atom stereocenters. The fraction of sp³-hybridized carbons (Fsp3) is 0.700. The molecule has 0 aliphatic rings. The summed E-state index contributed by atoms with van der Waals surface area (Å²) in [5, 5.41) is -0.361. The minimum absolute atomic E-state index is 0.361. The summed E-state index contributed by atoms with van der Waals surface area (Å²) in [6.07, 6.45) is 6.13. The number of hydrogen-bond donors (Lipinski definition) is 2. The molecule has 0 saturated heterocycles. The van der Waals surface area contributed by atoms with Crippen LogP contribution >= 0.6 is 0 Å². The summed E-state index contributed by atoms with van der Waals surface area (Å²) >= 11 is 0. The molecule has 1 rings (SSSR count). The zero-order valence-corrected chi connectivity index (χ0v) is 10.5. The van der Waals surface area contributed by atoms with Gasteiger partial charge in [-0.25, -0.2) is 18.1 Å². The van der Waals surface area contributed by atoms with Gasteiger partial charge in [-0.3, -0.25) is 0 Å². The molecule has 0 aromatic carbocycles. The summed E-state index contributed by atoms with van der Waals surface area (Å²) in [5.41, 5.74) is 1.09. The number of H-pyrrole nitrogens is 1. The van der Waals surface area contributed by atoms with Crippen molar-refractivity contribution >= 4 is 10.0 Å². The lowest BCUT2D eigenvalue weighted by molar-refractivity contribution is 0.567. The van der Waals surface area contributed by atoms with Crippen LogP contribution in [0.3, 0.4) is 0 Å². The second-order valence-electron chi connectivity index (χ2n) is 4.02. The third-order valence-electron chi connectivity index (χ3n) is 2.35. The molecular formula is C10H19N3O2S. The van der Waals surface area contributed by atoms with E-state index in [2.05, 4.69) is 14.7 Å².